The first-order chi connectivity index (χ1) is 11.2. The van der Waals surface area contributed by atoms with Gasteiger partial charge in [-0.2, -0.15) is 0 Å². The molecular weight excluding hydrogens is 308 g/mol. The van der Waals surface area contributed by atoms with Crippen LogP contribution in [-0.2, 0) is 6.54 Å². The number of rotatable bonds is 5. The van der Waals surface area contributed by atoms with E-state index >= 15 is 0 Å². The van der Waals surface area contributed by atoms with Crippen LogP contribution in [0, 0.1) is 0 Å². The third-order valence-electron chi connectivity index (χ3n) is 4.18. The molecule has 5 heteroatoms. The molecule has 1 heterocycles. The normalized spacial score (nSPS) is 16.2. The second kappa shape index (κ2) is 7.62. The van der Waals surface area contributed by atoms with Gasteiger partial charge in [-0.05, 0) is 30.5 Å². The molecule has 122 valence electrons. The summed E-state index contributed by atoms with van der Waals surface area (Å²) in [4.78, 5) is 13.8. The van der Waals surface area contributed by atoms with Gasteiger partial charge in [-0.1, -0.05) is 43.2 Å². The SMILES string of the molecule is O=C(NCc1ccc([C@@H](O)c2ccccc2)s1)NC1CCCC1. The van der Waals surface area contributed by atoms with Gasteiger partial charge in [0.2, 0.25) is 0 Å². The molecule has 23 heavy (non-hydrogen) atoms. The van der Waals surface area contributed by atoms with Crippen molar-refractivity contribution >= 4 is 17.4 Å². The van der Waals surface area contributed by atoms with Crippen LogP contribution in [0.2, 0.25) is 0 Å². The number of carbonyl (C=O) groups excluding carboxylic acids is 1. The molecule has 3 N–H and O–H groups in total. The Morgan fingerprint density at radius 1 is 1.17 bits per heavy atom. The summed E-state index contributed by atoms with van der Waals surface area (Å²) in [6.07, 6.45) is 3.97. The Morgan fingerprint density at radius 3 is 2.65 bits per heavy atom. The third kappa shape index (κ3) is 4.33. The molecule has 0 saturated heterocycles. The van der Waals surface area contributed by atoms with Crippen molar-refractivity contribution in [1.29, 1.82) is 0 Å². The smallest absolute Gasteiger partial charge is 0.315 e. The zero-order chi connectivity index (χ0) is 16.1. The molecule has 0 unspecified atom stereocenters. The van der Waals surface area contributed by atoms with E-state index in [1.165, 1.54) is 24.2 Å². The average molecular weight is 330 g/mol. The van der Waals surface area contributed by atoms with E-state index in [0.29, 0.717) is 12.6 Å². The summed E-state index contributed by atoms with van der Waals surface area (Å²) in [6.45, 7) is 0.491. The summed E-state index contributed by atoms with van der Waals surface area (Å²) >= 11 is 1.53. The summed E-state index contributed by atoms with van der Waals surface area (Å²) in [5.74, 6) is 0. The molecule has 1 aliphatic rings. The molecule has 0 bridgehead atoms. The Hall–Kier alpha value is -1.85. The van der Waals surface area contributed by atoms with Crippen LogP contribution in [0.25, 0.3) is 0 Å². The number of hydrogen-bond donors (Lipinski definition) is 3. The quantitative estimate of drug-likeness (QED) is 0.785. The lowest BCUT2D eigenvalue weighted by atomic mass is 10.1. The number of nitrogens with one attached hydrogen (secondary N) is 2. The van der Waals surface area contributed by atoms with Crippen LogP contribution >= 0.6 is 11.3 Å². The Labute approximate surface area is 140 Å². The van der Waals surface area contributed by atoms with Gasteiger partial charge >= 0.3 is 6.03 Å². The Bertz CT molecular complexity index is 635. The number of aliphatic hydroxyl groups excluding tert-OH is 1. The molecule has 4 nitrogen and oxygen atoms in total. The minimum Gasteiger partial charge on any atom is -0.383 e. The first kappa shape index (κ1) is 16.0. The fraction of sp³-hybridized carbons (Fsp3) is 0.389. The van der Waals surface area contributed by atoms with Crippen molar-refractivity contribution in [3.8, 4) is 0 Å². The van der Waals surface area contributed by atoms with E-state index in [0.717, 1.165) is 28.2 Å². The van der Waals surface area contributed by atoms with Crippen molar-refractivity contribution in [3.05, 3.63) is 57.8 Å². The molecule has 1 aromatic carbocycles. The van der Waals surface area contributed by atoms with E-state index in [2.05, 4.69) is 10.6 Å². The zero-order valence-corrected chi connectivity index (χ0v) is 13.8. The van der Waals surface area contributed by atoms with E-state index in [1.807, 2.05) is 42.5 Å². The summed E-state index contributed by atoms with van der Waals surface area (Å²) < 4.78 is 0. The number of thiophene rings is 1. The standard InChI is InChI=1S/C18H22N2O2S/c21-17(13-6-2-1-3-7-13)16-11-10-15(23-16)12-19-18(22)20-14-8-4-5-9-14/h1-3,6-7,10-11,14,17,21H,4-5,8-9,12H2,(H2,19,20,22)/t17-/m0/s1. The fourth-order valence-electron chi connectivity index (χ4n) is 2.91. The lowest BCUT2D eigenvalue weighted by Gasteiger charge is -2.12. The van der Waals surface area contributed by atoms with Gasteiger partial charge in [0, 0.05) is 15.8 Å². The number of carbonyl (C=O) groups is 1. The summed E-state index contributed by atoms with van der Waals surface area (Å²) in [6, 6.07) is 13.7. The lowest BCUT2D eigenvalue weighted by Crippen LogP contribution is -2.40. The highest BCUT2D eigenvalue weighted by Gasteiger charge is 2.17. The van der Waals surface area contributed by atoms with Gasteiger partial charge in [0.05, 0.1) is 6.54 Å². The first-order valence-corrected chi connectivity index (χ1v) is 8.90. The predicted octanol–water partition coefficient (Wildman–Crippen LogP) is 3.57. The average Bonchev–Trinajstić information content (AvgIpc) is 3.25. The third-order valence-corrected chi connectivity index (χ3v) is 5.32. The molecule has 0 radical (unpaired) electrons. The van der Waals surface area contributed by atoms with E-state index in [9.17, 15) is 9.90 Å². The molecule has 2 amide bonds. The predicted molar refractivity (Wildman–Crippen MR) is 92.5 cm³/mol. The molecule has 0 aliphatic heterocycles. The van der Waals surface area contributed by atoms with E-state index in [4.69, 9.17) is 0 Å². The molecule has 0 spiro atoms. The van der Waals surface area contributed by atoms with Gasteiger partial charge in [-0.25, -0.2) is 4.79 Å². The van der Waals surface area contributed by atoms with E-state index in [1.54, 1.807) is 0 Å². The number of benzene rings is 1. The van der Waals surface area contributed by atoms with Crippen LogP contribution in [0.5, 0.6) is 0 Å². The lowest BCUT2D eigenvalue weighted by molar-refractivity contribution is 0.224. The van der Waals surface area contributed by atoms with Crippen molar-refractivity contribution in [3.63, 3.8) is 0 Å². The van der Waals surface area contributed by atoms with Crippen molar-refractivity contribution in [2.45, 2.75) is 44.4 Å². The maximum absolute atomic E-state index is 11.9. The Balaban J connectivity index is 1.52. The van der Waals surface area contributed by atoms with Crippen LogP contribution in [0.4, 0.5) is 4.79 Å². The summed E-state index contributed by atoms with van der Waals surface area (Å²) in [7, 11) is 0. The largest absolute Gasteiger partial charge is 0.383 e. The molecular formula is C18H22N2O2S. The van der Waals surface area contributed by atoms with E-state index < -0.39 is 6.10 Å². The van der Waals surface area contributed by atoms with Crippen molar-refractivity contribution < 1.29 is 9.90 Å². The number of hydrogen-bond acceptors (Lipinski definition) is 3. The Kier molecular flexibility index (Phi) is 5.31. The molecule has 1 aromatic heterocycles. The zero-order valence-electron chi connectivity index (χ0n) is 13.0. The number of urea groups is 1. The van der Waals surface area contributed by atoms with Gasteiger partial charge in [0.1, 0.15) is 6.10 Å². The first-order valence-electron chi connectivity index (χ1n) is 8.08. The summed E-state index contributed by atoms with van der Waals surface area (Å²) in [5.41, 5.74) is 0.882. The van der Waals surface area contributed by atoms with Gasteiger partial charge in [0.25, 0.3) is 0 Å². The van der Waals surface area contributed by atoms with Crippen LogP contribution < -0.4 is 10.6 Å². The molecule has 1 saturated carbocycles. The number of amides is 2. The molecule has 3 rings (SSSR count). The minimum absolute atomic E-state index is 0.101. The number of aliphatic hydroxyl groups is 1. The van der Waals surface area contributed by atoms with E-state index in [-0.39, 0.29) is 6.03 Å². The van der Waals surface area contributed by atoms with Crippen molar-refractivity contribution in [2.24, 2.45) is 0 Å². The van der Waals surface area contributed by atoms with Crippen LogP contribution in [0.3, 0.4) is 0 Å². The van der Waals surface area contributed by atoms with Crippen LogP contribution in [0.15, 0.2) is 42.5 Å². The molecule has 1 aliphatic carbocycles. The van der Waals surface area contributed by atoms with Gasteiger partial charge in [0.15, 0.2) is 0 Å². The highest BCUT2D eigenvalue weighted by Crippen LogP contribution is 2.28. The van der Waals surface area contributed by atoms with Crippen molar-refractivity contribution in [2.75, 3.05) is 0 Å². The maximum atomic E-state index is 11.9. The highest BCUT2D eigenvalue weighted by atomic mass is 32.1. The second-order valence-corrected chi connectivity index (χ2v) is 7.13. The minimum atomic E-state index is -0.609. The molecule has 2 aromatic rings. The summed E-state index contributed by atoms with van der Waals surface area (Å²) in [5, 5.41) is 16.3. The Morgan fingerprint density at radius 2 is 1.91 bits per heavy atom. The van der Waals surface area contributed by atoms with Crippen LogP contribution in [0.1, 0.15) is 47.1 Å². The fourth-order valence-corrected chi connectivity index (χ4v) is 3.88. The maximum Gasteiger partial charge on any atom is 0.315 e. The monoisotopic (exact) mass is 330 g/mol. The van der Waals surface area contributed by atoms with Gasteiger partial charge in [-0.15, -0.1) is 11.3 Å². The van der Waals surface area contributed by atoms with Gasteiger partial charge in [-0.3, -0.25) is 0 Å². The highest BCUT2D eigenvalue weighted by molar-refractivity contribution is 7.12. The molecule has 1 atom stereocenters. The van der Waals surface area contributed by atoms with Crippen LogP contribution in [-0.4, -0.2) is 17.2 Å². The van der Waals surface area contributed by atoms with Gasteiger partial charge < -0.3 is 15.7 Å². The topological polar surface area (TPSA) is 61.4 Å². The van der Waals surface area contributed by atoms with Crippen molar-refractivity contribution in [1.82, 2.24) is 10.6 Å². The molecule has 1 fully saturated rings. The second-order valence-electron chi connectivity index (χ2n) is 5.93.